The van der Waals surface area contributed by atoms with Gasteiger partial charge in [-0.05, 0) is 83.1 Å². The lowest BCUT2D eigenvalue weighted by atomic mass is 9.91. The summed E-state index contributed by atoms with van der Waals surface area (Å²) in [5.41, 5.74) is 1.17. The van der Waals surface area contributed by atoms with Gasteiger partial charge in [-0.3, -0.25) is 9.69 Å². The van der Waals surface area contributed by atoms with Crippen LogP contribution in [0, 0.1) is 0 Å². The molecule has 1 saturated heterocycles. The first kappa shape index (κ1) is 22.3. The molecule has 2 heterocycles. The van der Waals surface area contributed by atoms with E-state index in [1.165, 1.54) is 0 Å². The predicted octanol–water partition coefficient (Wildman–Crippen LogP) is 5.74. The second-order valence-electron chi connectivity index (χ2n) is 9.76. The van der Waals surface area contributed by atoms with Gasteiger partial charge in [0.25, 0.3) is 5.91 Å². The van der Waals surface area contributed by atoms with Crippen molar-refractivity contribution >= 4 is 17.8 Å². The van der Waals surface area contributed by atoms with E-state index in [0.717, 1.165) is 50.6 Å². The van der Waals surface area contributed by atoms with Gasteiger partial charge in [0.05, 0.1) is 6.04 Å². The number of carbonyl (C=O) groups is 2. The summed E-state index contributed by atoms with van der Waals surface area (Å²) in [4.78, 5) is 34.4. The fourth-order valence-corrected chi connectivity index (χ4v) is 4.39. The van der Waals surface area contributed by atoms with Crippen LogP contribution in [0.5, 0.6) is 0 Å². The second-order valence-corrected chi connectivity index (χ2v) is 9.76. The number of benzene rings is 1. The Morgan fingerprint density at radius 1 is 1.00 bits per heavy atom. The van der Waals surface area contributed by atoms with Crippen molar-refractivity contribution < 1.29 is 14.3 Å². The van der Waals surface area contributed by atoms with Gasteiger partial charge in [0, 0.05) is 24.3 Å². The van der Waals surface area contributed by atoms with Crippen molar-refractivity contribution in [1.29, 1.82) is 0 Å². The standard InChI is InChI=1S/C26H33N3O3/c1-26(2,3)32-25(31)29(21-12-9-13-21)23-16-15-20(18-27-23)22-14-7-8-17-28(22)24(30)19-10-5-4-6-11-19/h4-6,10-11,15-16,18,21-22H,7-9,12-14,17H2,1-3H3/t22-/m1/s1. The molecule has 4 rings (SSSR count). The predicted molar refractivity (Wildman–Crippen MR) is 125 cm³/mol. The zero-order valence-electron chi connectivity index (χ0n) is 19.3. The summed E-state index contributed by atoms with van der Waals surface area (Å²) in [5.74, 6) is 0.675. The minimum Gasteiger partial charge on any atom is -0.443 e. The van der Waals surface area contributed by atoms with Gasteiger partial charge in [-0.2, -0.15) is 0 Å². The monoisotopic (exact) mass is 435 g/mol. The van der Waals surface area contributed by atoms with Gasteiger partial charge in [-0.25, -0.2) is 9.78 Å². The van der Waals surface area contributed by atoms with Crippen molar-refractivity contribution in [2.45, 2.75) is 77.0 Å². The molecule has 0 bridgehead atoms. The van der Waals surface area contributed by atoms with Gasteiger partial charge >= 0.3 is 6.09 Å². The largest absolute Gasteiger partial charge is 0.443 e. The normalized spacial score (nSPS) is 19.2. The molecule has 32 heavy (non-hydrogen) atoms. The lowest BCUT2D eigenvalue weighted by Gasteiger charge is -2.38. The molecule has 2 amide bonds. The highest BCUT2D eigenvalue weighted by Gasteiger charge is 2.35. The average molecular weight is 436 g/mol. The fourth-order valence-electron chi connectivity index (χ4n) is 4.39. The quantitative estimate of drug-likeness (QED) is 0.614. The number of ether oxygens (including phenoxy) is 1. The molecule has 2 aliphatic rings. The lowest BCUT2D eigenvalue weighted by Crippen LogP contribution is -2.47. The first-order valence-electron chi connectivity index (χ1n) is 11.7. The highest BCUT2D eigenvalue weighted by molar-refractivity contribution is 5.94. The maximum atomic E-state index is 13.2. The molecular weight excluding hydrogens is 402 g/mol. The average Bonchev–Trinajstić information content (AvgIpc) is 2.75. The minimum absolute atomic E-state index is 0.00307. The van der Waals surface area contributed by atoms with E-state index in [9.17, 15) is 9.59 Å². The molecule has 6 nitrogen and oxygen atoms in total. The van der Waals surface area contributed by atoms with Gasteiger partial charge in [0.1, 0.15) is 11.4 Å². The summed E-state index contributed by atoms with van der Waals surface area (Å²) in [7, 11) is 0. The molecule has 1 aliphatic carbocycles. The Bertz CT molecular complexity index is 933. The molecule has 0 spiro atoms. The number of hydrogen-bond donors (Lipinski definition) is 0. The Labute approximate surface area is 190 Å². The summed E-state index contributed by atoms with van der Waals surface area (Å²) in [6.45, 7) is 6.37. The van der Waals surface area contributed by atoms with E-state index in [1.807, 2.05) is 74.3 Å². The van der Waals surface area contributed by atoms with Gasteiger partial charge < -0.3 is 9.64 Å². The summed E-state index contributed by atoms with van der Waals surface area (Å²) < 4.78 is 5.65. The number of anilines is 1. The molecule has 170 valence electrons. The zero-order chi connectivity index (χ0) is 22.7. The molecule has 1 atom stereocenters. The highest BCUT2D eigenvalue weighted by Crippen LogP contribution is 2.34. The molecule has 1 aromatic heterocycles. The maximum absolute atomic E-state index is 13.2. The van der Waals surface area contributed by atoms with Gasteiger partial charge in [0.2, 0.25) is 0 Å². The third-order valence-corrected chi connectivity index (χ3v) is 6.22. The summed E-state index contributed by atoms with van der Waals surface area (Å²) in [6.07, 6.45) is 7.52. The number of rotatable bonds is 4. The molecule has 0 N–H and O–H groups in total. The second kappa shape index (κ2) is 9.31. The molecule has 0 radical (unpaired) electrons. The SMILES string of the molecule is CC(C)(C)OC(=O)N(c1ccc([C@H]2CCCCN2C(=O)c2ccccc2)cn1)C1CCC1. The van der Waals surface area contributed by atoms with E-state index in [0.29, 0.717) is 11.4 Å². The molecule has 2 aromatic rings. The van der Waals surface area contributed by atoms with Crippen molar-refractivity contribution in [1.82, 2.24) is 9.88 Å². The number of carbonyl (C=O) groups excluding carboxylic acids is 2. The maximum Gasteiger partial charge on any atom is 0.416 e. The van der Waals surface area contributed by atoms with Crippen LogP contribution < -0.4 is 4.90 Å². The first-order valence-corrected chi connectivity index (χ1v) is 11.7. The van der Waals surface area contributed by atoms with Crippen LogP contribution in [-0.2, 0) is 4.74 Å². The number of nitrogens with zero attached hydrogens (tertiary/aromatic N) is 3. The van der Waals surface area contributed by atoms with Crippen LogP contribution in [0.1, 0.15) is 81.3 Å². The number of amides is 2. The molecule has 1 saturated carbocycles. The van der Waals surface area contributed by atoms with Crippen molar-refractivity contribution in [3.63, 3.8) is 0 Å². The van der Waals surface area contributed by atoms with E-state index < -0.39 is 5.60 Å². The van der Waals surface area contributed by atoms with Gasteiger partial charge in [-0.1, -0.05) is 24.3 Å². The zero-order valence-corrected chi connectivity index (χ0v) is 19.3. The topological polar surface area (TPSA) is 62.7 Å². The van der Waals surface area contributed by atoms with Crippen molar-refractivity contribution in [2.24, 2.45) is 0 Å². The number of hydrogen-bond acceptors (Lipinski definition) is 4. The smallest absolute Gasteiger partial charge is 0.416 e. The van der Waals surface area contributed by atoms with Crippen molar-refractivity contribution in [2.75, 3.05) is 11.4 Å². The number of pyridine rings is 1. The molecule has 1 aromatic carbocycles. The molecule has 0 unspecified atom stereocenters. The third kappa shape index (κ3) is 4.95. The minimum atomic E-state index is -0.556. The van der Waals surface area contributed by atoms with Crippen LogP contribution in [-0.4, -0.2) is 40.1 Å². The summed E-state index contributed by atoms with van der Waals surface area (Å²) >= 11 is 0. The van der Waals surface area contributed by atoms with E-state index in [4.69, 9.17) is 4.74 Å². The molecule has 2 fully saturated rings. The number of likely N-dealkylation sites (tertiary alicyclic amines) is 1. The van der Waals surface area contributed by atoms with Crippen LogP contribution >= 0.6 is 0 Å². The van der Waals surface area contributed by atoms with Crippen molar-refractivity contribution in [3.8, 4) is 0 Å². The Kier molecular flexibility index (Phi) is 6.49. The highest BCUT2D eigenvalue weighted by atomic mass is 16.6. The Morgan fingerprint density at radius 3 is 2.34 bits per heavy atom. The summed E-state index contributed by atoms with van der Waals surface area (Å²) in [6, 6.07) is 13.5. The van der Waals surface area contributed by atoms with Crippen LogP contribution in [0.4, 0.5) is 10.6 Å². The lowest BCUT2D eigenvalue weighted by molar-refractivity contribution is 0.0547. The van der Waals surface area contributed by atoms with E-state index in [-0.39, 0.29) is 24.1 Å². The first-order chi connectivity index (χ1) is 15.3. The molecule has 1 aliphatic heterocycles. The Hall–Kier alpha value is -2.89. The third-order valence-electron chi connectivity index (χ3n) is 6.22. The van der Waals surface area contributed by atoms with Crippen LogP contribution in [0.3, 0.4) is 0 Å². The van der Waals surface area contributed by atoms with Crippen molar-refractivity contribution in [3.05, 3.63) is 59.8 Å². The number of piperidine rings is 1. The van der Waals surface area contributed by atoms with E-state index in [2.05, 4.69) is 4.98 Å². The van der Waals surface area contributed by atoms with Crippen LogP contribution in [0.25, 0.3) is 0 Å². The molecular formula is C26H33N3O3. The summed E-state index contributed by atoms with van der Waals surface area (Å²) in [5, 5.41) is 0. The van der Waals surface area contributed by atoms with Gasteiger partial charge in [-0.15, -0.1) is 0 Å². The molecule has 6 heteroatoms. The fraction of sp³-hybridized carbons (Fsp3) is 0.500. The Morgan fingerprint density at radius 2 is 1.75 bits per heavy atom. The van der Waals surface area contributed by atoms with E-state index >= 15 is 0 Å². The van der Waals surface area contributed by atoms with Crippen LogP contribution in [0.15, 0.2) is 48.7 Å². The van der Waals surface area contributed by atoms with E-state index in [1.54, 1.807) is 4.90 Å². The van der Waals surface area contributed by atoms with Gasteiger partial charge in [0.15, 0.2) is 0 Å². The Balaban J connectivity index is 1.55. The number of aromatic nitrogens is 1. The van der Waals surface area contributed by atoms with Crippen LogP contribution in [0.2, 0.25) is 0 Å².